The van der Waals surface area contributed by atoms with Gasteiger partial charge in [0.2, 0.25) is 5.82 Å². The van der Waals surface area contributed by atoms with Gasteiger partial charge in [0.1, 0.15) is 22.0 Å². The summed E-state index contributed by atoms with van der Waals surface area (Å²) in [5, 5.41) is 25.5. The van der Waals surface area contributed by atoms with Crippen LogP contribution in [-0.2, 0) is 19.5 Å². The van der Waals surface area contributed by atoms with Gasteiger partial charge in [0.05, 0.1) is 47.6 Å². The minimum atomic E-state index is -4.65. The number of nitrogens with one attached hydrogen (secondary N) is 3. The third-order valence-electron chi connectivity index (χ3n) is 11.8. The normalized spacial score (nSPS) is 19.9. The number of hydrogen-bond donors (Lipinski definition) is 3. The van der Waals surface area contributed by atoms with E-state index in [4.69, 9.17) is 14.2 Å². The lowest BCUT2D eigenvalue weighted by Gasteiger charge is -2.56. The number of carbonyl (C=O) groups is 1. The summed E-state index contributed by atoms with van der Waals surface area (Å²) in [4.78, 5) is 40.8. The third kappa shape index (κ3) is 7.72. The monoisotopic (exact) mass is 785 g/mol. The molecule has 3 aromatic heterocycles. The van der Waals surface area contributed by atoms with Gasteiger partial charge in [0.15, 0.2) is 0 Å². The Labute approximate surface area is 323 Å². The van der Waals surface area contributed by atoms with Crippen LogP contribution in [0.25, 0.3) is 11.0 Å². The molecule has 1 aliphatic carbocycles. The number of morpholine rings is 1. The maximum absolute atomic E-state index is 13.8. The summed E-state index contributed by atoms with van der Waals surface area (Å²) < 4.78 is 46.4. The van der Waals surface area contributed by atoms with Crippen LogP contribution in [0.15, 0.2) is 59.9 Å². The van der Waals surface area contributed by atoms with E-state index < -0.39 is 36.9 Å². The molecular weight excluding hydrogens is 743 g/mol. The molecule has 1 spiro atoms. The number of aromatic amines is 1. The van der Waals surface area contributed by atoms with Gasteiger partial charge in [-0.05, 0) is 68.2 Å². The fraction of sp³-hybridized carbons (Fsp3) is 0.474. The number of amides is 1. The topological polar surface area (TPSA) is 218 Å². The molecular formula is C38H43N9O8S. The van der Waals surface area contributed by atoms with Crippen molar-refractivity contribution in [1.82, 2.24) is 24.6 Å². The SMILES string of the molecule is N#CC1(CNc2ncc(S(=O)(=O)NC(=O)c3ccc(N4CCC5(CC4)CC(N4CCOCC4)C5)cc3Oc3cnc4[nH]ccc4c3)cc2[N+](=O)[O-])CCOCC1. The van der Waals surface area contributed by atoms with Crippen molar-refractivity contribution in [2.75, 3.05) is 69.4 Å². The second kappa shape index (κ2) is 15.3. The second-order valence-electron chi connectivity index (χ2n) is 15.2. The van der Waals surface area contributed by atoms with Gasteiger partial charge in [-0.2, -0.15) is 5.26 Å². The Kier molecular flexibility index (Phi) is 10.3. The predicted molar refractivity (Wildman–Crippen MR) is 204 cm³/mol. The lowest BCUT2D eigenvalue weighted by Crippen LogP contribution is -2.57. The maximum Gasteiger partial charge on any atom is 0.312 e. The number of piperidine rings is 1. The summed E-state index contributed by atoms with van der Waals surface area (Å²) in [6, 6.07) is 12.3. The Balaban J connectivity index is 1.00. The highest BCUT2D eigenvalue weighted by atomic mass is 32.2. The van der Waals surface area contributed by atoms with Gasteiger partial charge < -0.3 is 29.4 Å². The molecule has 3 N–H and O–H groups in total. The number of ether oxygens (including phenoxy) is 3. The zero-order valence-electron chi connectivity index (χ0n) is 30.7. The van der Waals surface area contributed by atoms with Gasteiger partial charge >= 0.3 is 5.69 Å². The highest BCUT2D eigenvalue weighted by Crippen LogP contribution is 2.51. The summed E-state index contributed by atoms with van der Waals surface area (Å²) in [7, 11) is -4.65. The van der Waals surface area contributed by atoms with E-state index in [0.29, 0.717) is 48.9 Å². The Morgan fingerprint density at radius 3 is 2.50 bits per heavy atom. The highest BCUT2D eigenvalue weighted by molar-refractivity contribution is 7.90. The van der Waals surface area contributed by atoms with Crippen LogP contribution in [0, 0.1) is 32.3 Å². The number of nitro groups is 1. The van der Waals surface area contributed by atoms with Gasteiger partial charge in [-0.1, -0.05) is 0 Å². The molecule has 0 radical (unpaired) electrons. The molecule has 0 bridgehead atoms. The minimum absolute atomic E-state index is 0.0581. The summed E-state index contributed by atoms with van der Waals surface area (Å²) in [6.07, 6.45) is 9.51. The summed E-state index contributed by atoms with van der Waals surface area (Å²) in [5.74, 6) is -0.733. The van der Waals surface area contributed by atoms with E-state index in [1.54, 1.807) is 24.4 Å². The molecule has 0 unspecified atom stereocenters. The molecule has 1 saturated carbocycles. The van der Waals surface area contributed by atoms with E-state index in [1.165, 1.54) is 25.1 Å². The van der Waals surface area contributed by atoms with E-state index >= 15 is 0 Å². The summed E-state index contributed by atoms with van der Waals surface area (Å²) in [6.45, 7) is 6.05. The molecule has 3 aliphatic heterocycles. The third-order valence-corrected chi connectivity index (χ3v) is 13.1. The van der Waals surface area contributed by atoms with E-state index in [9.17, 15) is 28.6 Å². The molecule has 4 aliphatic rings. The van der Waals surface area contributed by atoms with Crippen molar-refractivity contribution in [2.24, 2.45) is 10.8 Å². The van der Waals surface area contributed by atoms with Crippen LogP contribution >= 0.6 is 0 Å². The van der Waals surface area contributed by atoms with Gasteiger partial charge in [-0.3, -0.25) is 19.8 Å². The number of hydrogen-bond acceptors (Lipinski definition) is 14. The predicted octanol–water partition coefficient (Wildman–Crippen LogP) is 4.59. The van der Waals surface area contributed by atoms with Crippen LogP contribution in [0.1, 0.15) is 48.9 Å². The van der Waals surface area contributed by atoms with Crippen LogP contribution in [0.5, 0.6) is 11.5 Å². The zero-order chi connectivity index (χ0) is 38.9. The first kappa shape index (κ1) is 37.6. The number of carbonyl (C=O) groups excluding carboxylic acids is 1. The van der Waals surface area contributed by atoms with Crippen molar-refractivity contribution in [1.29, 1.82) is 5.26 Å². The lowest BCUT2D eigenvalue weighted by molar-refractivity contribution is -0.384. The number of benzene rings is 1. The van der Waals surface area contributed by atoms with E-state index in [1.807, 2.05) is 10.8 Å². The molecule has 0 atom stereocenters. The molecule has 56 heavy (non-hydrogen) atoms. The van der Waals surface area contributed by atoms with Crippen LogP contribution in [0.3, 0.4) is 0 Å². The first-order valence-electron chi connectivity index (χ1n) is 18.8. The molecule has 1 amide bonds. The van der Waals surface area contributed by atoms with Crippen molar-refractivity contribution in [3.8, 4) is 17.6 Å². The number of nitriles is 1. The second-order valence-corrected chi connectivity index (χ2v) is 16.8. The van der Waals surface area contributed by atoms with Crippen molar-refractivity contribution in [3.63, 3.8) is 0 Å². The fourth-order valence-corrected chi connectivity index (χ4v) is 9.24. The quantitative estimate of drug-likeness (QED) is 0.140. The number of rotatable bonds is 11. The largest absolute Gasteiger partial charge is 0.455 e. The molecule has 4 fully saturated rings. The number of anilines is 2. The van der Waals surface area contributed by atoms with Crippen molar-refractivity contribution in [2.45, 2.75) is 49.5 Å². The highest BCUT2D eigenvalue weighted by Gasteiger charge is 2.48. The van der Waals surface area contributed by atoms with Crippen LogP contribution < -0.4 is 19.7 Å². The average Bonchev–Trinajstić information content (AvgIpc) is 3.68. The Morgan fingerprint density at radius 1 is 1.02 bits per heavy atom. The summed E-state index contributed by atoms with van der Waals surface area (Å²) >= 11 is 0. The standard InChI is InChI=1S/C38H43N9O8S/c39-24-38(6-13-53-14-7-38)25-43-35-32(47(49)50)19-30(23-42-35)56(51,52)44-36(48)31-2-1-27(18-33(31)55-29-17-26-3-8-40-34(26)41-22-29)45-9-4-37(5-10-45)20-28(21-37)46-11-15-54-16-12-46/h1-3,8,17-19,22-23,28H,4-7,9-16,20-21,25H2,(H,40,41)(H,42,43)(H,44,48). The van der Waals surface area contributed by atoms with Crippen molar-refractivity contribution < 1.29 is 32.3 Å². The zero-order valence-corrected chi connectivity index (χ0v) is 31.6. The lowest BCUT2D eigenvalue weighted by atomic mass is 9.60. The van der Waals surface area contributed by atoms with Crippen LogP contribution in [0.2, 0.25) is 0 Å². The smallest absolute Gasteiger partial charge is 0.312 e. The Bertz CT molecular complexity index is 2270. The molecule has 8 rings (SSSR count). The molecule has 17 nitrogen and oxygen atoms in total. The first-order valence-corrected chi connectivity index (χ1v) is 20.3. The number of nitrogens with zero attached hydrogens (tertiary/aromatic N) is 6. The molecule has 6 heterocycles. The van der Waals surface area contributed by atoms with Gasteiger partial charge in [0, 0.05) is 81.4 Å². The minimum Gasteiger partial charge on any atom is -0.455 e. The number of pyridine rings is 2. The van der Waals surface area contributed by atoms with E-state index in [0.717, 1.165) is 75.6 Å². The molecule has 294 valence electrons. The average molecular weight is 786 g/mol. The Hall–Kier alpha value is -5.35. The summed E-state index contributed by atoms with van der Waals surface area (Å²) in [5.41, 5.74) is 0.309. The van der Waals surface area contributed by atoms with Crippen molar-refractivity contribution in [3.05, 3.63) is 70.7 Å². The number of fused-ring (bicyclic) bond motifs is 1. The van der Waals surface area contributed by atoms with Crippen LogP contribution in [-0.4, -0.2) is 104 Å². The van der Waals surface area contributed by atoms with Gasteiger partial charge in [-0.25, -0.2) is 23.1 Å². The molecule has 4 aromatic rings. The number of H-pyrrole nitrogens is 1. The fourth-order valence-electron chi connectivity index (χ4n) is 8.31. The maximum atomic E-state index is 13.8. The first-order chi connectivity index (χ1) is 27.0. The number of sulfonamides is 1. The molecule has 3 saturated heterocycles. The Morgan fingerprint density at radius 2 is 1.77 bits per heavy atom. The molecule has 18 heteroatoms. The number of aromatic nitrogens is 3. The van der Waals surface area contributed by atoms with Crippen molar-refractivity contribution >= 4 is 44.2 Å². The van der Waals surface area contributed by atoms with Crippen LogP contribution in [0.4, 0.5) is 17.2 Å². The van der Waals surface area contributed by atoms with Gasteiger partial charge in [-0.15, -0.1) is 0 Å². The van der Waals surface area contributed by atoms with E-state index in [-0.39, 0.29) is 23.7 Å². The molecule has 1 aromatic carbocycles. The van der Waals surface area contributed by atoms with E-state index in [2.05, 4.69) is 36.1 Å². The van der Waals surface area contributed by atoms with Gasteiger partial charge in [0.25, 0.3) is 15.9 Å².